The van der Waals surface area contributed by atoms with Gasteiger partial charge in [-0.25, -0.2) is 0 Å². The van der Waals surface area contributed by atoms with Crippen molar-refractivity contribution in [3.63, 3.8) is 0 Å². The van der Waals surface area contributed by atoms with Crippen molar-refractivity contribution in [3.8, 4) is 5.75 Å². The molecule has 0 aliphatic carbocycles. The van der Waals surface area contributed by atoms with Gasteiger partial charge in [-0.1, -0.05) is 26.3 Å². The van der Waals surface area contributed by atoms with Gasteiger partial charge < -0.3 is 9.84 Å². The Bertz CT molecular complexity index is 425. The van der Waals surface area contributed by atoms with Gasteiger partial charge >= 0.3 is 0 Å². The van der Waals surface area contributed by atoms with E-state index in [2.05, 4.69) is 26.8 Å². The summed E-state index contributed by atoms with van der Waals surface area (Å²) in [5.41, 5.74) is 2.21. The average molecular weight is 262 g/mol. The first-order chi connectivity index (χ1) is 9.02. The number of hydrogen-bond donors (Lipinski definition) is 1. The number of hydrogen-bond acceptors (Lipinski definition) is 2. The Balaban J connectivity index is 2.00. The van der Waals surface area contributed by atoms with Crippen LogP contribution in [0.25, 0.3) is 0 Å². The summed E-state index contributed by atoms with van der Waals surface area (Å²) in [6.07, 6.45) is 5.77. The first kappa shape index (κ1) is 14.4. The van der Waals surface area contributed by atoms with Crippen LogP contribution in [0.15, 0.2) is 18.2 Å². The Morgan fingerprint density at radius 2 is 2.16 bits per heavy atom. The smallest absolute Gasteiger partial charge is 0.123 e. The fraction of sp³-hybridized carbons (Fsp3) is 0.647. The molecule has 2 heteroatoms. The molecule has 1 atom stereocenters. The van der Waals surface area contributed by atoms with Gasteiger partial charge in [-0.05, 0) is 61.8 Å². The molecular weight excluding hydrogens is 236 g/mol. The maximum absolute atomic E-state index is 9.17. The second kappa shape index (κ2) is 5.96. The van der Waals surface area contributed by atoms with E-state index < -0.39 is 0 Å². The van der Waals surface area contributed by atoms with Crippen molar-refractivity contribution in [1.29, 1.82) is 0 Å². The normalized spacial score (nSPS) is 22.2. The molecule has 1 aromatic carbocycles. The van der Waals surface area contributed by atoms with Crippen molar-refractivity contribution in [2.75, 3.05) is 0 Å². The number of rotatable bonds is 5. The Hall–Kier alpha value is -1.02. The summed E-state index contributed by atoms with van der Waals surface area (Å²) in [6, 6.07) is 6.04. The van der Waals surface area contributed by atoms with E-state index in [1.807, 2.05) is 12.1 Å². The predicted octanol–water partition coefficient (Wildman–Crippen LogP) is 4.09. The van der Waals surface area contributed by atoms with Crippen LogP contribution in [0.4, 0.5) is 0 Å². The summed E-state index contributed by atoms with van der Waals surface area (Å²) in [7, 11) is 0. The Labute approximate surface area is 116 Å². The van der Waals surface area contributed by atoms with Gasteiger partial charge in [0.1, 0.15) is 11.4 Å². The predicted molar refractivity (Wildman–Crippen MR) is 78.4 cm³/mol. The third-order valence-corrected chi connectivity index (χ3v) is 4.07. The van der Waals surface area contributed by atoms with Crippen LogP contribution in [0.1, 0.15) is 57.6 Å². The molecule has 2 rings (SSSR count). The highest BCUT2D eigenvalue weighted by molar-refractivity contribution is 5.39. The van der Waals surface area contributed by atoms with E-state index in [1.54, 1.807) is 0 Å². The van der Waals surface area contributed by atoms with Crippen LogP contribution in [0.3, 0.4) is 0 Å². The lowest BCUT2D eigenvalue weighted by molar-refractivity contribution is 0.0527. The van der Waals surface area contributed by atoms with Crippen LogP contribution < -0.4 is 4.74 Å². The SMILES string of the molecule is CC(C)CCCC1(C)CCc2cc(CO)ccc2O1. The Morgan fingerprint density at radius 3 is 2.84 bits per heavy atom. The fourth-order valence-electron chi connectivity index (χ4n) is 2.80. The monoisotopic (exact) mass is 262 g/mol. The highest BCUT2D eigenvalue weighted by Gasteiger charge is 2.31. The number of benzene rings is 1. The second-order valence-electron chi connectivity index (χ2n) is 6.44. The summed E-state index contributed by atoms with van der Waals surface area (Å²) in [4.78, 5) is 0. The summed E-state index contributed by atoms with van der Waals surface area (Å²) < 4.78 is 6.22. The number of ether oxygens (including phenoxy) is 1. The third kappa shape index (κ3) is 3.73. The van der Waals surface area contributed by atoms with Crippen LogP contribution in [0.5, 0.6) is 5.75 Å². The summed E-state index contributed by atoms with van der Waals surface area (Å²) in [5.74, 6) is 1.78. The van der Waals surface area contributed by atoms with E-state index in [9.17, 15) is 0 Å². The van der Waals surface area contributed by atoms with Crippen LogP contribution in [0.2, 0.25) is 0 Å². The molecule has 1 aromatic rings. The van der Waals surface area contributed by atoms with Gasteiger partial charge in [-0.15, -0.1) is 0 Å². The summed E-state index contributed by atoms with van der Waals surface area (Å²) in [5, 5.41) is 9.17. The van der Waals surface area contributed by atoms with Crippen molar-refractivity contribution in [1.82, 2.24) is 0 Å². The van der Waals surface area contributed by atoms with E-state index in [-0.39, 0.29) is 12.2 Å². The lowest BCUT2D eigenvalue weighted by Crippen LogP contribution is -2.36. The molecule has 19 heavy (non-hydrogen) atoms. The van der Waals surface area contributed by atoms with Gasteiger partial charge in [0.25, 0.3) is 0 Å². The molecule has 1 unspecified atom stereocenters. The van der Waals surface area contributed by atoms with E-state index in [1.165, 1.54) is 18.4 Å². The lowest BCUT2D eigenvalue weighted by atomic mass is 9.87. The molecule has 0 saturated carbocycles. The van der Waals surface area contributed by atoms with Crippen molar-refractivity contribution in [3.05, 3.63) is 29.3 Å². The molecule has 0 amide bonds. The summed E-state index contributed by atoms with van der Waals surface area (Å²) in [6.45, 7) is 6.89. The molecule has 0 saturated heterocycles. The minimum Gasteiger partial charge on any atom is -0.487 e. The number of aliphatic hydroxyl groups is 1. The molecular formula is C17H26O2. The average Bonchev–Trinajstić information content (AvgIpc) is 2.37. The largest absolute Gasteiger partial charge is 0.487 e. The van der Waals surface area contributed by atoms with Gasteiger partial charge in [0.15, 0.2) is 0 Å². The number of aliphatic hydroxyl groups excluding tert-OH is 1. The molecule has 1 N–H and O–H groups in total. The minimum absolute atomic E-state index is 0.0113. The zero-order chi connectivity index (χ0) is 13.9. The molecule has 1 heterocycles. The van der Waals surface area contributed by atoms with E-state index in [0.717, 1.165) is 36.5 Å². The first-order valence-electron chi connectivity index (χ1n) is 7.44. The van der Waals surface area contributed by atoms with Gasteiger partial charge in [0, 0.05) is 0 Å². The Morgan fingerprint density at radius 1 is 1.37 bits per heavy atom. The molecule has 1 aliphatic heterocycles. The quantitative estimate of drug-likeness (QED) is 0.866. The molecule has 0 bridgehead atoms. The fourth-order valence-corrected chi connectivity index (χ4v) is 2.80. The molecule has 2 nitrogen and oxygen atoms in total. The number of fused-ring (bicyclic) bond motifs is 1. The lowest BCUT2D eigenvalue weighted by Gasteiger charge is -2.36. The van der Waals surface area contributed by atoms with Crippen LogP contribution in [-0.2, 0) is 13.0 Å². The maximum Gasteiger partial charge on any atom is 0.123 e. The van der Waals surface area contributed by atoms with E-state index in [0.29, 0.717) is 0 Å². The third-order valence-electron chi connectivity index (χ3n) is 4.07. The van der Waals surface area contributed by atoms with Gasteiger partial charge in [0.05, 0.1) is 6.61 Å². The zero-order valence-corrected chi connectivity index (χ0v) is 12.4. The van der Waals surface area contributed by atoms with Crippen LogP contribution in [0, 0.1) is 5.92 Å². The highest BCUT2D eigenvalue weighted by atomic mass is 16.5. The minimum atomic E-state index is -0.0113. The second-order valence-corrected chi connectivity index (χ2v) is 6.44. The molecule has 0 fully saturated rings. The standard InChI is InChI=1S/C17H26O2/c1-13(2)5-4-9-17(3)10-8-15-11-14(12-18)6-7-16(15)19-17/h6-7,11,13,18H,4-5,8-10,12H2,1-3H3. The number of aryl methyl sites for hydroxylation is 1. The summed E-state index contributed by atoms with van der Waals surface area (Å²) >= 11 is 0. The van der Waals surface area contributed by atoms with Crippen LogP contribution >= 0.6 is 0 Å². The first-order valence-corrected chi connectivity index (χ1v) is 7.44. The van der Waals surface area contributed by atoms with Crippen LogP contribution in [-0.4, -0.2) is 10.7 Å². The van der Waals surface area contributed by atoms with Crippen molar-refractivity contribution in [2.45, 2.75) is 65.1 Å². The highest BCUT2D eigenvalue weighted by Crippen LogP contribution is 2.36. The van der Waals surface area contributed by atoms with E-state index >= 15 is 0 Å². The molecule has 106 valence electrons. The van der Waals surface area contributed by atoms with Gasteiger partial charge in [0.2, 0.25) is 0 Å². The molecule has 0 radical (unpaired) electrons. The van der Waals surface area contributed by atoms with Crippen molar-refractivity contribution < 1.29 is 9.84 Å². The molecule has 1 aliphatic rings. The van der Waals surface area contributed by atoms with E-state index in [4.69, 9.17) is 9.84 Å². The molecule has 0 aromatic heterocycles. The Kier molecular flexibility index (Phi) is 4.51. The zero-order valence-electron chi connectivity index (χ0n) is 12.4. The van der Waals surface area contributed by atoms with Crippen molar-refractivity contribution in [2.24, 2.45) is 5.92 Å². The topological polar surface area (TPSA) is 29.5 Å². The molecule has 0 spiro atoms. The van der Waals surface area contributed by atoms with Gasteiger partial charge in [-0.2, -0.15) is 0 Å². The maximum atomic E-state index is 9.17. The van der Waals surface area contributed by atoms with Gasteiger partial charge in [-0.3, -0.25) is 0 Å². The van der Waals surface area contributed by atoms with Crippen molar-refractivity contribution >= 4 is 0 Å².